The molecular formula is C24H26N2O2. The van der Waals surface area contributed by atoms with Crippen molar-refractivity contribution in [3.8, 4) is 0 Å². The third-order valence-electron chi connectivity index (χ3n) is 5.50. The van der Waals surface area contributed by atoms with Gasteiger partial charge in [0.15, 0.2) is 0 Å². The summed E-state index contributed by atoms with van der Waals surface area (Å²) in [7, 11) is 0. The number of likely N-dealkylation sites (tertiary alicyclic amines) is 1. The molecule has 0 bridgehead atoms. The normalized spacial score (nSPS) is 15.1. The Labute approximate surface area is 166 Å². The number of amides is 1. The van der Waals surface area contributed by atoms with E-state index in [-0.39, 0.29) is 5.91 Å². The number of para-hydroxylation sites is 1. The molecule has 1 saturated heterocycles. The molecule has 0 spiro atoms. The molecule has 2 heterocycles. The lowest BCUT2D eigenvalue weighted by Crippen LogP contribution is -2.39. The molecule has 0 N–H and O–H groups in total. The first-order valence-corrected chi connectivity index (χ1v) is 10.1. The quantitative estimate of drug-likeness (QED) is 0.588. The molecule has 4 heteroatoms. The van der Waals surface area contributed by atoms with Crippen molar-refractivity contribution in [2.45, 2.75) is 25.9 Å². The molecule has 28 heavy (non-hydrogen) atoms. The van der Waals surface area contributed by atoms with E-state index >= 15 is 0 Å². The Morgan fingerprint density at radius 2 is 1.71 bits per heavy atom. The maximum atomic E-state index is 12.8. The Morgan fingerprint density at radius 1 is 0.964 bits per heavy atom. The maximum absolute atomic E-state index is 12.8. The van der Waals surface area contributed by atoms with Crippen LogP contribution in [0.1, 0.15) is 35.3 Å². The number of rotatable bonds is 6. The van der Waals surface area contributed by atoms with Crippen LogP contribution in [0.25, 0.3) is 10.9 Å². The number of carbonyl (C=O) groups excluding carboxylic acids is 1. The van der Waals surface area contributed by atoms with E-state index in [1.54, 1.807) is 0 Å². The molecule has 1 aliphatic rings. The van der Waals surface area contributed by atoms with Crippen molar-refractivity contribution in [1.29, 1.82) is 0 Å². The van der Waals surface area contributed by atoms with Crippen LogP contribution in [0.5, 0.6) is 0 Å². The predicted octanol–water partition coefficient (Wildman–Crippen LogP) is 4.69. The number of benzene rings is 2. The first-order valence-electron chi connectivity index (χ1n) is 10.1. The number of pyridine rings is 1. The van der Waals surface area contributed by atoms with Gasteiger partial charge in [-0.2, -0.15) is 0 Å². The van der Waals surface area contributed by atoms with E-state index in [9.17, 15) is 4.79 Å². The minimum Gasteiger partial charge on any atom is -0.377 e. The molecule has 4 nitrogen and oxygen atoms in total. The highest BCUT2D eigenvalue weighted by Gasteiger charge is 2.24. The van der Waals surface area contributed by atoms with Gasteiger partial charge >= 0.3 is 0 Å². The zero-order valence-corrected chi connectivity index (χ0v) is 16.1. The third kappa shape index (κ3) is 4.57. The standard InChI is InChI=1S/C24H26N2O2/c27-24(23-11-10-21-8-4-5-9-22(21)25-23)26-15-12-19(13-16-26)14-17-28-18-20-6-2-1-3-7-20/h1-11,19H,12-18H2. The molecule has 4 rings (SSSR count). The molecule has 3 aromatic rings. The van der Waals surface area contributed by atoms with Gasteiger partial charge in [-0.15, -0.1) is 0 Å². The van der Waals surface area contributed by atoms with Gasteiger partial charge in [0, 0.05) is 25.1 Å². The topological polar surface area (TPSA) is 42.4 Å². The Balaban J connectivity index is 1.23. The van der Waals surface area contributed by atoms with Crippen LogP contribution >= 0.6 is 0 Å². The summed E-state index contributed by atoms with van der Waals surface area (Å²) in [4.78, 5) is 19.3. The van der Waals surface area contributed by atoms with Gasteiger partial charge in [-0.1, -0.05) is 54.6 Å². The summed E-state index contributed by atoms with van der Waals surface area (Å²) in [6.07, 6.45) is 3.13. The van der Waals surface area contributed by atoms with Crippen LogP contribution in [0, 0.1) is 5.92 Å². The highest BCUT2D eigenvalue weighted by molar-refractivity contribution is 5.94. The second kappa shape index (κ2) is 8.98. The van der Waals surface area contributed by atoms with E-state index in [1.807, 2.05) is 59.5 Å². The SMILES string of the molecule is O=C(c1ccc2ccccc2n1)N1CCC(CCOCc2ccccc2)CC1. The van der Waals surface area contributed by atoms with Crippen molar-refractivity contribution in [3.05, 3.63) is 78.0 Å². The summed E-state index contributed by atoms with van der Waals surface area (Å²) in [5, 5.41) is 1.06. The third-order valence-corrected chi connectivity index (χ3v) is 5.50. The molecule has 1 aliphatic heterocycles. The molecular weight excluding hydrogens is 348 g/mol. The summed E-state index contributed by atoms with van der Waals surface area (Å²) in [6, 6.07) is 22.0. The zero-order valence-electron chi connectivity index (χ0n) is 16.1. The van der Waals surface area contributed by atoms with Crippen LogP contribution in [0.4, 0.5) is 0 Å². The molecule has 1 fully saturated rings. The van der Waals surface area contributed by atoms with Crippen LogP contribution in [-0.2, 0) is 11.3 Å². The second-order valence-corrected chi connectivity index (χ2v) is 7.45. The molecule has 1 amide bonds. The van der Waals surface area contributed by atoms with E-state index in [2.05, 4.69) is 17.1 Å². The highest BCUT2D eigenvalue weighted by Crippen LogP contribution is 2.22. The number of ether oxygens (including phenoxy) is 1. The van der Waals surface area contributed by atoms with Gasteiger partial charge in [0.2, 0.25) is 0 Å². The average Bonchev–Trinajstić information content (AvgIpc) is 2.77. The summed E-state index contributed by atoms with van der Waals surface area (Å²) >= 11 is 0. The van der Waals surface area contributed by atoms with E-state index in [0.29, 0.717) is 18.2 Å². The average molecular weight is 374 g/mol. The van der Waals surface area contributed by atoms with E-state index in [0.717, 1.165) is 49.9 Å². The van der Waals surface area contributed by atoms with Crippen molar-refractivity contribution in [1.82, 2.24) is 9.88 Å². The Morgan fingerprint density at radius 3 is 2.54 bits per heavy atom. The summed E-state index contributed by atoms with van der Waals surface area (Å²) in [6.45, 7) is 3.05. The molecule has 0 aliphatic carbocycles. The smallest absolute Gasteiger partial charge is 0.272 e. The number of aromatic nitrogens is 1. The minimum atomic E-state index is 0.0459. The minimum absolute atomic E-state index is 0.0459. The van der Waals surface area contributed by atoms with Crippen molar-refractivity contribution >= 4 is 16.8 Å². The summed E-state index contributed by atoms with van der Waals surface area (Å²) < 4.78 is 5.82. The molecule has 0 atom stereocenters. The van der Waals surface area contributed by atoms with Gasteiger partial charge in [-0.05, 0) is 42.9 Å². The monoisotopic (exact) mass is 374 g/mol. The molecule has 144 valence electrons. The van der Waals surface area contributed by atoms with Gasteiger partial charge in [0.1, 0.15) is 5.69 Å². The Kier molecular flexibility index (Phi) is 5.98. The molecule has 1 aromatic heterocycles. The maximum Gasteiger partial charge on any atom is 0.272 e. The number of hydrogen-bond acceptors (Lipinski definition) is 3. The van der Waals surface area contributed by atoms with Crippen molar-refractivity contribution in [2.24, 2.45) is 5.92 Å². The van der Waals surface area contributed by atoms with Crippen LogP contribution in [0.3, 0.4) is 0 Å². The van der Waals surface area contributed by atoms with E-state index in [4.69, 9.17) is 4.74 Å². The molecule has 0 radical (unpaired) electrons. The molecule has 0 unspecified atom stereocenters. The number of nitrogens with zero attached hydrogens (tertiary/aromatic N) is 2. The van der Waals surface area contributed by atoms with Gasteiger partial charge < -0.3 is 9.64 Å². The fourth-order valence-corrected chi connectivity index (χ4v) is 3.79. The molecule has 0 saturated carbocycles. The summed E-state index contributed by atoms with van der Waals surface area (Å²) in [5.41, 5.74) is 2.63. The fraction of sp³-hybridized carbons (Fsp3) is 0.333. The Hall–Kier alpha value is -2.72. The van der Waals surface area contributed by atoms with Gasteiger partial charge in [0.05, 0.1) is 12.1 Å². The molecule has 2 aromatic carbocycles. The van der Waals surface area contributed by atoms with Crippen LogP contribution < -0.4 is 0 Å². The van der Waals surface area contributed by atoms with Crippen molar-refractivity contribution in [3.63, 3.8) is 0 Å². The van der Waals surface area contributed by atoms with Crippen LogP contribution in [0.15, 0.2) is 66.7 Å². The number of hydrogen-bond donors (Lipinski definition) is 0. The first kappa shape index (κ1) is 18.6. The van der Waals surface area contributed by atoms with Crippen molar-refractivity contribution < 1.29 is 9.53 Å². The lowest BCUT2D eigenvalue weighted by atomic mass is 9.94. The number of carbonyl (C=O) groups is 1. The van der Waals surface area contributed by atoms with E-state index < -0.39 is 0 Å². The predicted molar refractivity (Wildman–Crippen MR) is 111 cm³/mol. The largest absolute Gasteiger partial charge is 0.377 e. The fourth-order valence-electron chi connectivity index (χ4n) is 3.79. The van der Waals surface area contributed by atoms with Crippen LogP contribution in [0.2, 0.25) is 0 Å². The highest BCUT2D eigenvalue weighted by atomic mass is 16.5. The Bertz CT molecular complexity index is 918. The first-order chi connectivity index (χ1) is 13.8. The lowest BCUT2D eigenvalue weighted by molar-refractivity contribution is 0.0634. The van der Waals surface area contributed by atoms with Gasteiger partial charge in [0.25, 0.3) is 5.91 Å². The lowest BCUT2D eigenvalue weighted by Gasteiger charge is -2.31. The van der Waals surface area contributed by atoms with Crippen molar-refractivity contribution in [2.75, 3.05) is 19.7 Å². The van der Waals surface area contributed by atoms with Gasteiger partial charge in [-0.3, -0.25) is 4.79 Å². The zero-order chi connectivity index (χ0) is 19.2. The van der Waals surface area contributed by atoms with Gasteiger partial charge in [-0.25, -0.2) is 4.98 Å². The van der Waals surface area contributed by atoms with Crippen LogP contribution in [-0.4, -0.2) is 35.5 Å². The number of fused-ring (bicyclic) bond motifs is 1. The number of piperidine rings is 1. The second-order valence-electron chi connectivity index (χ2n) is 7.45. The van der Waals surface area contributed by atoms with E-state index in [1.165, 1.54) is 5.56 Å². The summed E-state index contributed by atoms with van der Waals surface area (Å²) in [5.74, 6) is 0.675.